The van der Waals surface area contributed by atoms with E-state index in [4.69, 9.17) is 15.0 Å². The van der Waals surface area contributed by atoms with Crippen LogP contribution in [0.5, 0.6) is 0 Å². The zero-order valence-corrected chi connectivity index (χ0v) is 40.2. The zero-order valence-electron chi connectivity index (χ0n) is 40.2. The number of hydrogen-bond donors (Lipinski definition) is 0. The second-order valence-corrected chi connectivity index (χ2v) is 18.8. The second-order valence-electron chi connectivity index (χ2n) is 18.8. The summed E-state index contributed by atoms with van der Waals surface area (Å²) < 4.78 is 4.82. The molecule has 346 valence electrons. The third-order valence-electron chi connectivity index (χ3n) is 14.3. The van der Waals surface area contributed by atoms with Gasteiger partial charge in [-0.05, 0) is 111 Å². The second kappa shape index (κ2) is 18.0. The average molecular weight is 944 g/mol. The largest absolute Gasteiger partial charge is 0.309 e. The summed E-state index contributed by atoms with van der Waals surface area (Å²) in [6.45, 7) is 0. The van der Waals surface area contributed by atoms with Gasteiger partial charge in [0, 0.05) is 49.6 Å². The zero-order chi connectivity index (χ0) is 49.0. The first-order valence-electron chi connectivity index (χ1n) is 25.1. The van der Waals surface area contributed by atoms with Crippen molar-refractivity contribution in [2.75, 3.05) is 0 Å². The van der Waals surface area contributed by atoms with Gasteiger partial charge < -0.3 is 9.13 Å². The Balaban J connectivity index is 1.00. The lowest BCUT2D eigenvalue weighted by Crippen LogP contribution is -2.03. The third kappa shape index (κ3) is 7.63. The van der Waals surface area contributed by atoms with Gasteiger partial charge >= 0.3 is 0 Å². The van der Waals surface area contributed by atoms with Gasteiger partial charge in [-0.25, -0.2) is 15.0 Å². The lowest BCUT2D eigenvalue weighted by atomic mass is 9.98. The van der Waals surface area contributed by atoms with Crippen LogP contribution < -0.4 is 0 Å². The molecule has 14 aromatic rings. The van der Waals surface area contributed by atoms with E-state index < -0.39 is 0 Å². The Kier molecular flexibility index (Phi) is 10.4. The monoisotopic (exact) mass is 943 g/mol. The third-order valence-corrected chi connectivity index (χ3v) is 14.3. The molecule has 0 fully saturated rings. The molecule has 0 bridgehead atoms. The minimum atomic E-state index is 0.587. The fourth-order valence-electron chi connectivity index (χ4n) is 10.8. The van der Waals surface area contributed by atoms with Crippen molar-refractivity contribution in [1.29, 1.82) is 0 Å². The highest BCUT2D eigenvalue weighted by Crippen LogP contribution is 2.41. The molecule has 0 unspecified atom stereocenters. The minimum absolute atomic E-state index is 0.587. The van der Waals surface area contributed by atoms with Crippen LogP contribution in [0.25, 0.3) is 134 Å². The number of rotatable bonds is 9. The molecule has 5 nitrogen and oxygen atoms in total. The van der Waals surface area contributed by atoms with Crippen LogP contribution in [0.15, 0.2) is 273 Å². The maximum Gasteiger partial charge on any atom is 0.164 e. The van der Waals surface area contributed by atoms with Crippen molar-refractivity contribution in [1.82, 2.24) is 24.1 Å². The van der Waals surface area contributed by atoms with Crippen molar-refractivity contribution >= 4 is 43.6 Å². The van der Waals surface area contributed by atoms with Crippen LogP contribution in [0.2, 0.25) is 0 Å². The average Bonchev–Trinajstić information content (AvgIpc) is 4.00. The summed E-state index contributed by atoms with van der Waals surface area (Å²) in [5.41, 5.74) is 18.6. The van der Waals surface area contributed by atoms with Crippen molar-refractivity contribution < 1.29 is 0 Å². The molecule has 74 heavy (non-hydrogen) atoms. The summed E-state index contributed by atoms with van der Waals surface area (Å²) in [6, 6.07) is 97.4. The van der Waals surface area contributed by atoms with E-state index in [9.17, 15) is 0 Å². The van der Waals surface area contributed by atoms with Gasteiger partial charge in [0.15, 0.2) is 17.5 Å². The van der Waals surface area contributed by atoms with E-state index in [0.29, 0.717) is 17.5 Å². The summed E-state index contributed by atoms with van der Waals surface area (Å²) >= 11 is 0. The van der Waals surface area contributed by atoms with Crippen molar-refractivity contribution in [2.45, 2.75) is 0 Å². The Labute approximate surface area is 428 Å². The Hall–Kier alpha value is -9.97. The van der Waals surface area contributed by atoms with Crippen LogP contribution in [0.1, 0.15) is 0 Å². The molecule has 0 saturated heterocycles. The van der Waals surface area contributed by atoms with E-state index in [1.54, 1.807) is 0 Å². The molecule has 0 spiro atoms. The predicted molar refractivity (Wildman–Crippen MR) is 307 cm³/mol. The molecule has 0 aliphatic carbocycles. The first-order valence-corrected chi connectivity index (χ1v) is 25.1. The summed E-state index contributed by atoms with van der Waals surface area (Å²) in [5.74, 6) is 1.81. The Morgan fingerprint density at radius 1 is 0.189 bits per heavy atom. The molecule has 0 aliphatic rings. The van der Waals surface area contributed by atoms with Crippen molar-refractivity contribution in [3.63, 3.8) is 0 Å². The number of aromatic nitrogens is 5. The lowest BCUT2D eigenvalue weighted by Gasteiger charge is -2.16. The van der Waals surface area contributed by atoms with E-state index >= 15 is 0 Å². The van der Waals surface area contributed by atoms with Crippen molar-refractivity contribution in [3.05, 3.63) is 273 Å². The smallest absolute Gasteiger partial charge is 0.164 e. The topological polar surface area (TPSA) is 48.5 Å². The fraction of sp³-hybridized carbons (Fsp3) is 0. The Morgan fingerprint density at radius 3 is 0.919 bits per heavy atom. The molecule has 3 heterocycles. The summed E-state index contributed by atoms with van der Waals surface area (Å²) in [5, 5.41) is 4.70. The highest BCUT2D eigenvalue weighted by molar-refractivity contribution is 6.12. The Bertz CT molecular complexity index is 4130. The Morgan fingerprint density at radius 2 is 0.500 bits per heavy atom. The first-order chi connectivity index (χ1) is 36.7. The van der Waals surface area contributed by atoms with Crippen LogP contribution in [0.3, 0.4) is 0 Å². The van der Waals surface area contributed by atoms with E-state index in [-0.39, 0.29) is 0 Å². The van der Waals surface area contributed by atoms with Crippen LogP contribution in [0.4, 0.5) is 0 Å². The highest BCUT2D eigenvalue weighted by Gasteiger charge is 2.21. The number of fused-ring (bicyclic) bond motifs is 6. The van der Waals surface area contributed by atoms with Gasteiger partial charge in [0.1, 0.15) is 0 Å². The van der Waals surface area contributed by atoms with E-state index in [0.717, 1.165) is 61.3 Å². The first kappa shape index (κ1) is 42.9. The summed E-state index contributed by atoms with van der Waals surface area (Å²) in [7, 11) is 0. The van der Waals surface area contributed by atoms with Crippen LogP contribution in [-0.4, -0.2) is 24.1 Å². The maximum atomic E-state index is 5.30. The highest BCUT2D eigenvalue weighted by atomic mass is 15.0. The normalized spacial score (nSPS) is 11.5. The number of para-hydroxylation sites is 2. The van der Waals surface area contributed by atoms with Gasteiger partial charge in [0.25, 0.3) is 0 Å². The van der Waals surface area contributed by atoms with E-state index in [1.807, 2.05) is 36.4 Å². The fourth-order valence-corrected chi connectivity index (χ4v) is 10.8. The van der Waals surface area contributed by atoms with Gasteiger partial charge in [-0.2, -0.15) is 0 Å². The van der Waals surface area contributed by atoms with Gasteiger partial charge in [0.05, 0.1) is 22.1 Å². The van der Waals surface area contributed by atoms with Crippen LogP contribution in [-0.2, 0) is 0 Å². The molecule has 0 atom stereocenters. The predicted octanol–water partition coefficient (Wildman–Crippen LogP) is 17.7. The number of nitrogens with zero attached hydrogens (tertiary/aromatic N) is 5. The molecule has 5 heteroatoms. The van der Waals surface area contributed by atoms with Gasteiger partial charge in [-0.3, -0.25) is 0 Å². The summed E-state index contributed by atoms with van der Waals surface area (Å²) in [4.78, 5) is 15.7. The minimum Gasteiger partial charge on any atom is -0.309 e. The molecule has 14 rings (SSSR count). The van der Waals surface area contributed by atoms with E-state index in [1.165, 1.54) is 54.9 Å². The van der Waals surface area contributed by atoms with Gasteiger partial charge in [-0.15, -0.1) is 0 Å². The summed E-state index contributed by atoms with van der Waals surface area (Å²) in [6.07, 6.45) is 0. The molecule has 3 aromatic heterocycles. The lowest BCUT2D eigenvalue weighted by molar-refractivity contribution is 1.07. The van der Waals surface area contributed by atoms with Crippen molar-refractivity contribution in [2.24, 2.45) is 0 Å². The molecule has 0 amide bonds. The molecule has 0 N–H and O–H groups in total. The molecule has 0 radical (unpaired) electrons. The quantitative estimate of drug-likeness (QED) is 0.145. The van der Waals surface area contributed by atoms with E-state index in [2.05, 4.69) is 246 Å². The molecule has 0 saturated carbocycles. The van der Waals surface area contributed by atoms with Crippen LogP contribution in [0, 0.1) is 0 Å². The van der Waals surface area contributed by atoms with Crippen molar-refractivity contribution in [3.8, 4) is 90.0 Å². The van der Waals surface area contributed by atoms with Crippen LogP contribution >= 0.6 is 0 Å². The molecule has 11 aromatic carbocycles. The number of hydrogen-bond acceptors (Lipinski definition) is 3. The molecular formula is C69H45N5. The maximum absolute atomic E-state index is 5.30. The van der Waals surface area contributed by atoms with Gasteiger partial charge in [0.2, 0.25) is 0 Å². The number of benzene rings is 11. The molecule has 0 aliphatic heterocycles. The van der Waals surface area contributed by atoms with Gasteiger partial charge in [-0.1, -0.05) is 206 Å². The molecular weight excluding hydrogens is 899 g/mol. The standard InChI is InChI=1S/C69H45N5/c1-5-19-46(20-6-1)50-27-17-29-52(39-50)54-35-37-65-61(43-54)59-31-13-15-33-63(59)73(65)57-41-56(69-71-67(48-23-9-3-10-24-48)70-68(72-69)49-25-11-4-12-26-49)42-58(45-57)74-64-34-16-14-32-60(64)62-44-55(36-38-66(62)74)53-30-18-28-51(40-53)47-21-7-2-8-22-47/h1-45H. The SMILES string of the molecule is c1ccc(-c2cccc(-c3ccc4c(c3)c3ccccc3n4-c3cc(-c4nc(-c5ccccc5)nc(-c5ccccc5)n4)cc(-n4c5ccccc5c5cc(-c6cccc(-c7ccccc7)c6)ccc54)c3)c2)cc1.